The molecule has 3 N–H and O–H groups in total. The summed E-state index contributed by atoms with van der Waals surface area (Å²) in [5.74, 6) is 0. The van der Waals surface area contributed by atoms with Crippen molar-refractivity contribution in [1.82, 2.24) is 0 Å². The monoisotopic (exact) mass is 366 g/mol. The van der Waals surface area contributed by atoms with Crippen LogP contribution in [-0.2, 0) is 13.7 Å². The average Bonchev–Trinajstić information content (AvgIpc) is 2.59. The van der Waals surface area contributed by atoms with Crippen molar-refractivity contribution in [2.45, 2.75) is 69.1 Å². The van der Waals surface area contributed by atoms with Crippen molar-refractivity contribution in [3.63, 3.8) is 0 Å². The van der Waals surface area contributed by atoms with E-state index >= 15 is 0 Å². The fourth-order valence-corrected chi connectivity index (χ4v) is 4.70. The van der Waals surface area contributed by atoms with E-state index in [-0.39, 0.29) is 23.6 Å². The Hall–Kier alpha value is 0.312. The molecule has 1 fully saturated rings. The largest absolute Gasteiger partial charge is 0.409 e. The first-order valence-electron chi connectivity index (χ1n) is 8.09. The second-order valence-electron chi connectivity index (χ2n) is 8.36. The van der Waals surface area contributed by atoms with Crippen LogP contribution in [0.3, 0.4) is 0 Å². The molecule has 9 heteroatoms. The third-order valence-corrected chi connectivity index (χ3v) is 10.7. The second-order valence-corrected chi connectivity index (χ2v) is 15.7. The highest BCUT2D eigenvalue weighted by atomic mass is 31.2. The lowest BCUT2D eigenvalue weighted by Gasteiger charge is -2.40. The maximum atomic E-state index is 11.6. The summed E-state index contributed by atoms with van der Waals surface area (Å²) in [6.45, 7) is 11.4. The van der Waals surface area contributed by atoms with Gasteiger partial charge in [-0.25, -0.2) is 0 Å². The quantitative estimate of drug-likeness (QED) is 0.474. The molecule has 2 unspecified atom stereocenters. The Labute approximate surface area is 141 Å². The smallest absolute Gasteiger partial charge is 0.197 e. The van der Waals surface area contributed by atoms with Gasteiger partial charge in [-0.1, -0.05) is 20.8 Å². The van der Waals surface area contributed by atoms with Crippen LogP contribution in [0.2, 0.25) is 18.1 Å². The minimum Gasteiger partial charge on any atom is -0.409 e. The molecule has 23 heavy (non-hydrogen) atoms. The zero-order chi connectivity index (χ0) is 18.3. The molecular formula is C14H32BO6PSi. The average molecular weight is 366 g/mol. The highest BCUT2D eigenvalue weighted by Crippen LogP contribution is 2.44. The fourth-order valence-electron chi connectivity index (χ4n) is 2.55. The third-order valence-electron chi connectivity index (χ3n) is 5.19. The van der Waals surface area contributed by atoms with Crippen LogP contribution in [0.25, 0.3) is 0 Å². The number of hydrogen-bond donors (Lipinski definition) is 3. The lowest BCUT2D eigenvalue weighted by molar-refractivity contribution is -0.101. The molecule has 1 saturated heterocycles. The molecule has 1 aliphatic heterocycles. The maximum Gasteiger partial charge on any atom is 0.197 e. The van der Waals surface area contributed by atoms with E-state index in [1.54, 1.807) is 0 Å². The molecule has 0 radical (unpaired) electrons. The zero-order valence-electron chi connectivity index (χ0n) is 15.4. The summed E-state index contributed by atoms with van der Waals surface area (Å²) in [6.07, 6.45) is -1.46. The van der Waals surface area contributed by atoms with Gasteiger partial charge in [-0.2, -0.15) is 0 Å². The minimum absolute atomic E-state index is 0.00977. The Morgan fingerprint density at radius 1 is 1.39 bits per heavy atom. The summed E-state index contributed by atoms with van der Waals surface area (Å²) in [4.78, 5) is 9.51. The Bertz CT molecular complexity index is 463. The molecule has 136 valence electrons. The lowest BCUT2D eigenvalue weighted by atomic mass is 9.88. The maximum absolute atomic E-state index is 11.6. The molecule has 1 aliphatic rings. The van der Waals surface area contributed by atoms with Gasteiger partial charge in [0.15, 0.2) is 15.7 Å². The standard InChI is InChI=1S/C14H32BO6PSi/c1-13(2,3)23(5,6)21-10-11(17)14(9-16,20-12(10)15)7-8-22(4,18)19/h10-12,16-17H,7-9,15H2,1-6H3,(H,18,19)/t10?,11-,12-,14+/m1/s1. The van der Waals surface area contributed by atoms with Crippen molar-refractivity contribution in [2.75, 3.05) is 19.4 Å². The zero-order valence-corrected chi connectivity index (χ0v) is 17.3. The normalized spacial score (nSPS) is 35.3. The molecule has 5 atom stereocenters. The highest BCUT2D eigenvalue weighted by molar-refractivity contribution is 7.57. The number of aliphatic hydroxyl groups excluding tert-OH is 2. The summed E-state index contributed by atoms with van der Waals surface area (Å²) < 4.78 is 23.7. The first-order chi connectivity index (χ1) is 10.2. The molecular weight excluding hydrogens is 334 g/mol. The predicted molar refractivity (Wildman–Crippen MR) is 96.5 cm³/mol. The third kappa shape index (κ3) is 4.91. The van der Waals surface area contributed by atoms with Crippen LogP contribution in [0.5, 0.6) is 0 Å². The van der Waals surface area contributed by atoms with Crippen molar-refractivity contribution < 1.29 is 28.8 Å². The summed E-state index contributed by atoms with van der Waals surface area (Å²) in [5.41, 5.74) is -1.24. The van der Waals surface area contributed by atoms with Gasteiger partial charge in [0, 0.05) is 12.8 Å². The summed E-state index contributed by atoms with van der Waals surface area (Å²) in [7, 11) is -3.55. The first-order valence-corrected chi connectivity index (χ1v) is 13.3. The number of rotatable bonds is 6. The van der Waals surface area contributed by atoms with Gasteiger partial charge >= 0.3 is 0 Å². The summed E-state index contributed by atoms with van der Waals surface area (Å²) in [5, 5.41) is 20.5. The molecule has 0 aliphatic carbocycles. The molecule has 0 spiro atoms. The Morgan fingerprint density at radius 2 is 1.91 bits per heavy atom. The van der Waals surface area contributed by atoms with Gasteiger partial charge in [0.05, 0.1) is 18.7 Å². The molecule has 0 saturated carbocycles. The van der Waals surface area contributed by atoms with Gasteiger partial charge in [0.1, 0.15) is 19.6 Å². The van der Waals surface area contributed by atoms with Gasteiger partial charge in [0.2, 0.25) is 0 Å². The molecule has 0 bridgehead atoms. The van der Waals surface area contributed by atoms with E-state index in [1.165, 1.54) is 6.66 Å². The van der Waals surface area contributed by atoms with Crippen LogP contribution < -0.4 is 0 Å². The van der Waals surface area contributed by atoms with Crippen LogP contribution >= 0.6 is 7.37 Å². The van der Waals surface area contributed by atoms with Gasteiger partial charge < -0.3 is 24.3 Å². The fraction of sp³-hybridized carbons (Fsp3) is 1.00. The predicted octanol–water partition coefficient (Wildman–Crippen LogP) is 0.748. The van der Waals surface area contributed by atoms with Gasteiger partial charge in [0.25, 0.3) is 0 Å². The van der Waals surface area contributed by atoms with Gasteiger partial charge in [-0.3, -0.25) is 4.57 Å². The molecule has 6 nitrogen and oxygen atoms in total. The van der Waals surface area contributed by atoms with Crippen LogP contribution in [0.1, 0.15) is 27.2 Å². The van der Waals surface area contributed by atoms with Crippen molar-refractivity contribution in [3.8, 4) is 0 Å². The van der Waals surface area contributed by atoms with Crippen molar-refractivity contribution in [2.24, 2.45) is 0 Å². The van der Waals surface area contributed by atoms with Crippen molar-refractivity contribution >= 4 is 23.5 Å². The molecule has 0 amide bonds. The highest BCUT2D eigenvalue weighted by Gasteiger charge is 2.55. The minimum atomic E-state index is -3.24. The molecule has 0 aromatic rings. The van der Waals surface area contributed by atoms with Crippen LogP contribution in [0, 0.1) is 0 Å². The van der Waals surface area contributed by atoms with Crippen LogP contribution in [-0.4, -0.2) is 74.5 Å². The number of aliphatic hydroxyl groups is 2. The van der Waals surface area contributed by atoms with Gasteiger partial charge in [-0.15, -0.1) is 0 Å². The van der Waals surface area contributed by atoms with Gasteiger partial charge in [-0.05, 0) is 24.6 Å². The van der Waals surface area contributed by atoms with E-state index in [1.807, 2.05) is 7.85 Å². The Balaban J connectivity index is 2.96. The Kier molecular flexibility index (Phi) is 6.41. The van der Waals surface area contributed by atoms with Crippen LogP contribution in [0.4, 0.5) is 0 Å². The number of ether oxygens (including phenoxy) is 1. The van der Waals surface area contributed by atoms with Crippen molar-refractivity contribution in [3.05, 3.63) is 0 Å². The SMILES string of the molecule is B[C@@H]1O[C@](CO)(CCP(C)(=O)O)[C@H](O)C1O[Si](C)(C)C(C)(C)C. The van der Waals surface area contributed by atoms with E-state index in [9.17, 15) is 19.7 Å². The number of hydrogen-bond acceptors (Lipinski definition) is 5. The molecule has 0 aromatic heterocycles. The summed E-state index contributed by atoms with van der Waals surface area (Å²) >= 11 is 0. The molecule has 1 rings (SSSR count). The molecule has 1 heterocycles. The Morgan fingerprint density at radius 3 is 2.30 bits per heavy atom. The van der Waals surface area contributed by atoms with Crippen LogP contribution in [0.15, 0.2) is 0 Å². The molecule has 0 aromatic carbocycles. The van der Waals surface area contributed by atoms with E-state index in [0.29, 0.717) is 0 Å². The first kappa shape index (κ1) is 21.4. The lowest BCUT2D eigenvalue weighted by Crippen LogP contribution is -2.52. The van der Waals surface area contributed by atoms with E-state index < -0.39 is 40.1 Å². The summed E-state index contributed by atoms with van der Waals surface area (Å²) in [6, 6.07) is -0.388. The van der Waals surface area contributed by atoms with Crippen molar-refractivity contribution in [1.29, 1.82) is 0 Å². The topological polar surface area (TPSA) is 96.2 Å². The van der Waals surface area contributed by atoms with E-state index in [2.05, 4.69) is 33.9 Å². The second kappa shape index (κ2) is 6.90. The van der Waals surface area contributed by atoms with E-state index in [4.69, 9.17) is 9.16 Å². The van der Waals surface area contributed by atoms with E-state index in [0.717, 1.165) is 0 Å².